The maximum absolute atomic E-state index is 13.0. The Hall–Kier alpha value is -4.77. The molecule has 4 aromatic rings. The predicted octanol–water partition coefficient (Wildman–Crippen LogP) is 3.20. The molecule has 0 spiro atoms. The van der Waals surface area contributed by atoms with Crippen LogP contribution in [0.15, 0.2) is 54.9 Å². The molecule has 11 heteroatoms. The van der Waals surface area contributed by atoms with Gasteiger partial charge in [0.25, 0.3) is 11.8 Å². The van der Waals surface area contributed by atoms with Crippen molar-refractivity contribution in [3.63, 3.8) is 0 Å². The van der Waals surface area contributed by atoms with Gasteiger partial charge in [-0.05, 0) is 67.1 Å². The monoisotopic (exact) mass is 524 g/mol. The summed E-state index contributed by atoms with van der Waals surface area (Å²) in [4.78, 5) is 38.6. The first-order chi connectivity index (χ1) is 18.9. The summed E-state index contributed by atoms with van der Waals surface area (Å²) in [5.74, 6) is 0.682. The highest BCUT2D eigenvalue weighted by atomic mass is 16.3. The third-order valence-electron chi connectivity index (χ3n) is 6.35. The number of hydrogen-bond acceptors (Lipinski definition) is 9. The molecule has 0 atom stereocenters. The molecule has 0 aliphatic heterocycles. The van der Waals surface area contributed by atoms with Crippen LogP contribution in [0.4, 0.5) is 11.5 Å². The van der Waals surface area contributed by atoms with Crippen LogP contribution in [0.5, 0.6) is 0 Å². The van der Waals surface area contributed by atoms with E-state index in [-0.39, 0.29) is 29.8 Å². The van der Waals surface area contributed by atoms with Gasteiger partial charge in [0.2, 0.25) is 0 Å². The lowest BCUT2D eigenvalue weighted by Crippen LogP contribution is -2.19. The van der Waals surface area contributed by atoms with Gasteiger partial charge in [-0.25, -0.2) is 9.97 Å². The Labute approximate surface area is 225 Å². The molecule has 0 radical (unpaired) electrons. The molecule has 4 N–H and O–H groups in total. The van der Waals surface area contributed by atoms with Crippen LogP contribution in [0, 0.1) is 6.92 Å². The normalized spacial score (nSPS) is 12.6. The van der Waals surface area contributed by atoms with Crippen molar-refractivity contribution in [2.24, 2.45) is 0 Å². The summed E-state index contributed by atoms with van der Waals surface area (Å²) in [6, 6.07) is 12.5. The van der Waals surface area contributed by atoms with E-state index in [2.05, 4.69) is 36.1 Å². The molecule has 1 saturated carbocycles. The van der Waals surface area contributed by atoms with Gasteiger partial charge >= 0.3 is 0 Å². The minimum atomic E-state index is -0.341. The molecule has 5 rings (SSSR count). The largest absolute Gasteiger partial charge is 0.395 e. The Balaban J connectivity index is 1.49. The molecule has 39 heavy (non-hydrogen) atoms. The zero-order valence-corrected chi connectivity index (χ0v) is 21.6. The van der Waals surface area contributed by atoms with Crippen LogP contribution in [0.1, 0.15) is 50.9 Å². The molecular formula is C28H28N8O3. The SMILES string of the molecule is CNC(=O)c1cc(-c2nc(NCCO)cc(-c3cc(NC(=O)c4cc(C5CC5)cnn4)ccc3C)n2)ccn1. The number of nitrogens with zero attached hydrogens (tertiary/aromatic N) is 5. The highest BCUT2D eigenvalue weighted by Gasteiger charge is 2.25. The fraction of sp³-hybridized carbons (Fsp3) is 0.250. The molecule has 0 bridgehead atoms. The summed E-state index contributed by atoms with van der Waals surface area (Å²) in [7, 11) is 1.54. The Morgan fingerprint density at radius 1 is 1.03 bits per heavy atom. The second kappa shape index (κ2) is 11.3. The number of aryl methyl sites for hydroxylation is 1. The van der Waals surface area contributed by atoms with Gasteiger partial charge < -0.3 is 21.1 Å². The molecule has 1 aliphatic rings. The average Bonchev–Trinajstić information content (AvgIpc) is 3.82. The number of pyridine rings is 1. The number of benzene rings is 1. The Morgan fingerprint density at radius 2 is 1.87 bits per heavy atom. The van der Waals surface area contributed by atoms with Crippen LogP contribution >= 0.6 is 0 Å². The van der Waals surface area contributed by atoms with E-state index in [0.717, 1.165) is 29.5 Å². The molecule has 11 nitrogen and oxygen atoms in total. The van der Waals surface area contributed by atoms with Crippen molar-refractivity contribution in [1.29, 1.82) is 0 Å². The predicted molar refractivity (Wildman–Crippen MR) is 146 cm³/mol. The number of hydrogen-bond donors (Lipinski definition) is 4. The summed E-state index contributed by atoms with van der Waals surface area (Å²) < 4.78 is 0. The lowest BCUT2D eigenvalue weighted by atomic mass is 10.0. The number of rotatable bonds is 9. The number of carbonyl (C=O) groups is 2. The molecule has 3 heterocycles. The number of aliphatic hydroxyl groups excluding tert-OH is 1. The van der Waals surface area contributed by atoms with Crippen LogP contribution in [0.2, 0.25) is 0 Å². The van der Waals surface area contributed by atoms with Crippen molar-refractivity contribution in [2.75, 3.05) is 30.8 Å². The van der Waals surface area contributed by atoms with Gasteiger partial charge in [-0.3, -0.25) is 14.6 Å². The van der Waals surface area contributed by atoms with Gasteiger partial charge in [-0.1, -0.05) is 6.07 Å². The third kappa shape index (κ3) is 6.04. The third-order valence-corrected chi connectivity index (χ3v) is 6.35. The van der Waals surface area contributed by atoms with Crippen molar-refractivity contribution in [3.05, 3.63) is 77.4 Å². The minimum Gasteiger partial charge on any atom is -0.395 e. The molecule has 0 saturated heterocycles. The van der Waals surface area contributed by atoms with Crippen molar-refractivity contribution in [3.8, 4) is 22.6 Å². The summed E-state index contributed by atoms with van der Waals surface area (Å²) >= 11 is 0. The van der Waals surface area contributed by atoms with Crippen molar-refractivity contribution in [1.82, 2.24) is 30.5 Å². The van der Waals surface area contributed by atoms with E-state index in [1.54, 1.807) is 30.5 Å². The first-order valence-electron chi connectivity index (χ1n) is 12.6. The summed E-state index contributed by atoms with van der Waals surface area (Å²) in [6.07, 6.45) is 5.46. The van der Waals surface area contributed by atoms with E-state index < -0.39 is 0 Å². The fourth-order valence-electron chi connectivity index (χ4n) is 4.11. The highest BCUT2D eigenvalue weighted by molar-refractivity contribution is 6.03. The maximum atomic E-state index is 13.0. The molecule has 1 fully saturated rings. The van der Waals surface area contributed by atoms with Gasteiger partial charge in [0, 0.05) is 42.7 Å². The number of aliphatic hydroxyl groups is 1. The van der Waals surface area contributed by atoms with Gasteiger partial charge in [0.1, 0.15) is 11.5 Å². The van der Waals surface area contributed by atoms with Crippen LogP contribution in [-0.2, 0) is 0 Å². The second-order valence-electron chi connectivity index (χ2n) is 9.25. The zero-order chi connectivity index (χ0) is 27.4. The number of carbonyl (C=O) groups excluding carboxylic acids is 2. The fourth-order valence-corrected chi connectivity index (χ4v) is 4.11. The molecule has 2 amide bonds. The van der Waals surface area contributed by atoms with Gasteiger partial charge in [-0.2, -0.15) is 5.10 Å². The van der Waals surface area contributed by atoms with Crippen molar-refractivity contribution >= 4 is 23.3 Å². The van der Waals surface area contributed by atoms with Crippen LogP contribution in [0.3, 0.4) is 0 Å². The van der Waals surface area contributed by atoms with Crippen molar-refractivity contribution in [2.45, 2.75) is 25.7 Å². The van der Waals surface area contributed by atoms with Gasteiger partial charge in [0.15, 0.2) is 11.5 Å². The zero-order valence-electron chi connectivity index (χ0n) is 21.6. The van der Waals surface area contributed by atoms with Gasteiger partial charge in [-0.15, -0.1) is 5.10 Å². The Morgan fingerprint density at radius 3 is 2.64 bits per heavy atom. The van der Waals surface area contributed by atoms with Crippen molar-refractivity contribution < 1.29 is 14.7 Å². The van der Waals surface area contributed by atoms with E-state index in [1.165, 1.54) is 13.2 Å². The van der Waals surface area contributed by atoms with E-state index in [0.29, 0.717) is 41.0 Å². The molecule has 198 valence electrons. The summed E-state index contributed by atoms with van der Waals surface area (Å²) in [6.45, 7) is 2.17. The number of amides is 2. The molecule has 1 aliphatic carbocycles. The smallest absolute Gasteiger partial charge is 0.276 e. The van der Waals surface area contributed by atoms with Crippen LogP contribution < -0.4 is 16.0 Å². The first-order valence-corrected chi connectivity index (χ1v) is 12.6. The number of aromatic nitrogens is 5. The average molecular weight is 525 g/mol. The standard InChI is InChI=1S/C28H28N8O3/c1-16-3-6-20(33-28(39)24-12-19(15-32-36-24)17-4-5-17)13-21(16)22-14-25(31-9-10-37)35-26(34-22)18-7-8-30-23(11-18)27(38)29-2/h3,6-8,11-15,17,37H,4-5,9-10H2,1-2H3,(H,29,38)(H,33,39)(H,31,34,35). The lowest BCUT2D eigenvalue weighted by Gasteiger charge is -2.13. The quantitative estimate of drug-likeness (QED) is 0.258. The highest BCUT2D eigenvalue weighted by Crippen LogP contribution is 2.39. The Bertz CT molecular complexity index is 1540. The molecule has 1 aromatic carbocycles. The topological polar surface area (TPSA) is 155 Å². The first kappa shape index (κ1) is 25.9. The van der Waals surface area contributed by atoms with Gasteiger partial charge in [0.05, 0.1) is 18.5 Å². The van der Waals surface area contributed by atoms with E-state index in [1.807, 2.05) is 25.1 Å². The lowest BCUT2D eigenvalue weighted by molar-refractivity contribution is 0.0957. The second-order valence-corrected chi connectivity index (χ2v) is 9.25. The molecular weight excluding hydrogens is 496 g/mol. The number of anilines is 2. The van der Waals surface area contributed by atoms with E-state index in [4.69, 9.17) is 4.98 Å². The number of nitrogens with one attached hydrogen (secondary N) is 3. The maximum Gasteiger partial charge on any atom is 0.276 e. The molecule has 0 unspecified atom stereocenters. The summed E-state index contributed by atoms with van der Waals surface area (Å²) in [5.41, 5.74) is 5.04. The van der Waals surface area contributed by atoms with Crippen LogP contribution in [0.25, 0.3) is 22.6 Å². The summed E-state index contributed by atoms with van der Waals surface area (Å²) in [5, 5.41) is 25.9. The Kier molecular flexibility index (Phi) is 7.50. The van der Waals surface area contributed by atoms with E-state index >= 15 is 0 Å². The molecule has 3 aromatic heterocycles. The van der Waals surface area contributed by atoms with E-state index in [9.17, 15) is 14.7 Å². The van der Waals surface area contributed by atoms with Crippen LogP contribution in [-0.4, -0.2) is 62.3 Å². The minimum absolute atomic E-state index is 0.0733.